The molecule has 0 radical (unpaired) electrons. The first kappa shape index (κ1) is 20.6. The SMILES string of the molecule is O=C(NC[C@H]1CN(S(=O)(=O)Cc2ccccc2)CC12CCOCC2)N1CCCC1. The fourth-order valence-corrected chi connectivity index (χ4v) is 6.60. The molecule has 3 aliphatic heterocycles. The molecular weight excluding hydrogens is 390 g/mol. The van der Waals surface area contributed by atoms with Gasteiger partial charge in [-0.3, -0.25) is 0 Å². The molecule has 7 nitrogen and oxygen atoms in total. The number of hydrogen-bond donors (Lipinski definition) is 1. The zero-order chi connectivity index (χ0) is 20.3. The number of hydrogen-bond acceptors (Lipinski definition) is 4. The summed E-state index contributed by atoms with van der Waals surface area (Å²) in [7, 11) is -3.41. The van der Waals surface area contributed by atoms with Gasteiger partial charge in [-0.25, -0.2) is 17.5 Å². The first-order valence-corrected chi connectivity index (χ1v) is 12.2. The van der Waals surface area contributed by atoms with E-state index in [-0.39, 0.29) is 23.1 Å². The van der Waals surface area contributed by atoms with Crippen LogP contribution in [-0.4, -0.2) is 69.6 Å². The number of sulfonamides is 1. The second kappa shape index (κ2) is 8.62. The number of ether oxygens (including phenoxy) is 1. The van der Waals surface area contributed by atoms with E-state index < -0.39 is 10.0 Å². The summed E-state index contributed by atoms with van der Waals surface area (Å²) in [6, 6.07) is 9.31. The van der Waals surface area contributed by atoms with Gasteiger partial charge in [-0.2, -0.15) is 0 Å². The van der Waals surface area contributed by atoms with E-state index in [4.69, 9.17) is 4.74 Å². The minimum absolute atomic E-state index is 0.0182. The second-order valence-electron chi connectivity index (χ2n) is 8.59. The largest absolute Gasteiger partial charge is 0.381 e. The Morgan fingerprint density at radius 1 is 1.14 bits per heavy atom. The Morgan fingerprint density at radius 3 is 2.52 bits per heavy atom. The smallest absolute Gasteiger partial charge is 0.317 e. The summed E-state index contributed by atoms with van der Waals surface area (Å²) in [4.78, 5) is 14.3. The van der Waals surface area contributed by atoms with Crippen LogP contribution in [0.25, 0.3) is 0 Å². The van der Waals surface area contributed by atoms with Crippen molar-refractivity contribution in [1.29, 1.82) is 0 Å². The molecule has 0 saturated carbocycles. The summed E-state index contributed by atoms with van der Waals surface area (Å²) in [5.74, 6) is 0.135. The van der Waals surface area contributed by atoms with Gasteiger partial charge in [0, 0.05) is 45.9 Å². The maximum absolute atomic E-state index is 13.1. The monoisotopic (exact) mass is 421 g/mol. The molecule has 1 aromatic carbocycles. The molecule has 3 fully saturated rings. The van der Waals surface area contributed by atoms with Gasteiger partial charge in [-0.1, -0.05) is 30.3 Å². The Morgan fingerprint density at radius 2 is 1.83 bits per heavy atom. The third kappa shape index (κ3) is 4.59. The lowest BCUT2D eigenvalue weighted by Crippen LogP contribution is -2.45. The molecule has 8 heteroatoms. The van der Waals surface area contributed by atoms with Gasteiger partial charge in [-0.15, -0.1) is 0 Å². The van der Waals surface area contributed by atoms with Gasteiger partial charge in [0.25, 0.3) is 0 Å². The molecule has 3 heterocycles. The van der Waals surface area contributed by atoms with Crippen LogP contribution in [0.5, 0.6) is 0 Å². The van der Waals surface area contributed by atoms with E-state index in [9.17, 15) is 13.2 Å². The van der Waals surface area contributed by atoms with Crippen LogP contribution in [0.2, 0.25) is 0 Å². The first-order valence-electron chi connectivity index (χ1n) is 10.6. The van der Waals surface area contributed by atoms with Crippen molar-refractivity contribution in [2.24, 2.45) is 11.3 Å². The van der Waals surface area contributed by atoms with E-state index >= 15 is 0 Å². The molecule has 2 amide bonds. The number of amides is 2. The van der Waals surface area contributed by atoms with E-state index in [0.717, 1.165) is 44.3 Å². The zero-order valence-electron chi connectivity index (χ0n) is 16.9. The topological polar surface area (TPSA) is 79.0 Å². The second-order valence-corrected chi connectivity index (χ2v) is 10.6. The lowest BCUT2D eigenvalue weighted by molar-refractivity contribution is 0.00175. The quantitative estimate of drug-likeness (QED) is 0.789. The molecule has 3 aliphatic rings. The summed E-state index contributed by atoms with van der Waals surface area (Å²) >= 11 is 0. The first-order chi connectivity index (χ1) is 14.0. The van der Waals surface area contributed by atoms with E-state index in [1.54, 1.807) is 4.31 Å². The van der Waals surface area contributed by atoms with Gasteiger partial charge >= 0.3 is 6.03 Å². The third-order valence-electron chi connectivity index (χ3n) is 6.75. The number of likely N-dealkylation sites (tertiary alicyclic amines) is 1. The molecular formula is C21H31N3O4S. The maximum atomic E-state index is 13.1. The van der Waals surface area contributed by atoms with Crippen molar-refractivity contribution in [3.63, 3.8) is 0 Å². The fourth-order valence-electron chi connectivity index (χ4n) is 4.94. The van der Waals surface area contributed by atoms with E-state index in [0.29, 0.717) is 32.8 Å². The summed E-state index contributed by atoms with van der Waals surface area (Å²) in [6.07, 6.45) is 3.80. The molecule has 1 aromatic rings. The highest BCUT2D eigenvalue weighted by molar-refractivity contribution is 7.88. The lowest BCUT2D eigenvalue weighted by atomic mass is 9.72. The Hall–Kier alpha value is -1.64. The molecule has 4 rings (SSSR count). The minimum Gasteiger partial charge on any atom is -0.381 e. The van der Waals surface area contributed by atoms with Gasteiger partial charge in [-0.05, 0) is 42.6 Å². The van der Waals surface area contributed by atoms with Crippen molar-refractivity contribution in [3.05, 3.63) is 35.9 Å². The predicted molar refractivity (Wildman–Crippen MR) is 111 cm³/mol. The summed E-state index contributed by atoms with van der Waals surface area (Å²) in [5, 5.41) is 3.08. The summed E-state index contributed by atoms with van der Waals surface area (Å²) in [5.41, 5.74) is 0.694. The van der Waals surface area contributed by atoms with Crippen LogP contribution >= 0.6 is 0 Å². The normalized spacial score (nSPS) is 24.8. The summed E-state index contributed by atoms with van der Waals surface area (Å²) < 4.78 is 33.5. The third-order valence-corrected chi connectivity index (χ3v) is 8.51. The molecule has 3 saturated heterocycles. The minimum atomic E-state index is -3.41. The van der Waals surface area contributed by atoms with Crippen LogP contribution in [0.15, 0.2) is 30.3 Å². The highest BCUT2D eigenvalue weighted by Crippen LogP contribution is 2.45. The average Bonchev–Trinajstić information content (AvgIpc) is 3.37. The van der Waals surface area contributed by atoms with Crippen molar-refractivity contribution in [1.82, 2.24) is 14.5 Å². The number of nitrogens with one attached hydrogen (secondary N) is 1. The zero-order valence-corrected chi connectivity index (χ0v) is 17.7. The van der Waals surface area contributed by atoms with E-state index in [2.05, 4.69) is 5.32 Å². The van der Waals surface area contributed by atoms with Crippen LogP contribution in [0, 0.1) is 11.3 Å². The molecule has 1 N–H and O–H groups in total. The maximum Gasteiger partial charge on any atom is 0.317 e. The van der Waals surface area contributed by atoms with Crippen LogP contribution in [-0.2, 0) is 20.5 Å². The number of nitrogens with zero attached hydrogens (tertiary/aromatic N) is 2. The average molecular weight is 422 g/mol. The fraction of sp³-hybridized carbons (Fsp3) is 0.667. The summed E-state index contributed by atoms with van der Waals surface area (Å²) in [6.45, 7) is 4.45. The van der Waals surface area contributed by atoms with Gasteiger partial charge < -0.3 is 15.0 Å². The lowest BCUT2D eigenvalue weighted by Gasteiger charge is -2.38. The van der Waals surface area contributed by atoms with Crippen molar-refractivity contribution in [3.8, 4) is 0 Å². The van der Waals surface area contributed by atoms with Gasteiger partial charge in [0.1, 0.15) is 0 Å². The van der Waals surface area contributed by atoms with Crippen LogP contribution in [0.4, 0.5) is 4.79 Å². The number of rotatable bonds is 5. The highest BCUT2D eigenvalue weighted by Gasteiger charge is 2.50. The number of carbonyl (C=O) groups excluding carboxylic acids is 1. The van der Waals surface area contributed by atoms with Gasteiger partial charge in [0.15, 0.2) is 0 Å². The van der Waals surface area contributed by atoms with Crippen molar-refractivity contribution >= 4 is 16.1 Å². The number of carbonyl (C=O) groups is 1. The molecule has 1 atom stereocenters. The number of urea groups is 1. The molecule has 29 heavy (non-hydrogen) atoms. The van der Waals surface area contributed by atoms with Crippen molar-refractivity contribution < 1.29 is 17.9 Å². The van der Waals surface area contributed by atoms with Crippen LogP contribution < -0.4 is 5.32 Å². The standard InChI is InChI=1S/C21H31N3O4S/c25-20(23-10-4-5-11-23)22-14-19-15-24(17-21(19)8-12-28-13-9-21)29(26,27)16-18-6-2-1-3-7-18/h1-3,6-7,19H,4-5,8-17H2,(H,22,25)/t19-/m0/s1. The molecule has 0 unspecified atom stereocenters. The molecule has 0 bridgehead atoms. The molecule has 160 valence electrons. The van der Waals surface area contributed by atoms with Gasteiger partial charge in [0.2, 0.25) is 10.0 Å². The highest BCUT2D eigenvalue weighted by atomic mass is 32.2. The van der Waals surface area contributed by atoms with Crippen LogP contribution in [0.1, 0.15) is 31.2 Å². The molecule has 1 spiro atoms. The van der Waals surface area contributed by atoms with Crippen molar-refractivity contribution in [2.45, 2.75) is 31.4 Å². The Kier molecular flexibility index (Phi) is 6.13. The molecule has 0 aromatic heterocycles. The Labute approximate surface area is 173 Å². The van der Waals surface area contributed by atoms with Crippen LogP contribution in [0.3, 0.4) is 0 Å². The Bertz CT molecular complexity index is 802. The molecule has 0 aliphatic carbocycles. The predicted octanol–water partition coefficient (Wildman–Crippen LogP) is 2.05. The number of benzene rings is 1. The van der Waals surface area contributed by atoms with E-state index in [1.807, 2.05) is 35.2 Å². The Balaban J connectivity index is 1.45. The van der Waals surface area contributed by atoms with Gasteiger partial charge in [0.05, 0.1) is 5.75 Å². The van der Waals surface area contributed by atoms with E-state index in [1.165, 1.54) is 0 Å². The van der Waals surface area contributed by atoms with Crippen molar-refractivity contribution in [2.75, 3.05) is 45.9 Å².